The molecule has 1 fully saturated rings. The molecule has 236 valence electrons. The van der Waals surface area contributed by atoms with Crippen LogP contribution in [0.4, 0.5) is 22.0 Å². The molecule has 0 saturated heterocycles. The molecule has 6 rings (SSSR count). The fraction of sp³-hybridized carbons (Fsp3) is 0.333. The zero-order chi connectivity index (χ0) is 32.5. The first kappa shape index (κ1) is 30.2. The van der Waals surface area contributed by atoms with E-state index in [0.29, 0.717) is 10.9 Å². The number of nitrogens with zero attached hydrogens (tertiary/aromatic N) is 3. The van der Waals surface area contributed by atoms with E-state index in [1.54, 1.807) is 10.9 Å². The Hall–Kier alpha value is -4.79. The van der Waals surface area contributed by atoms with Crippen LogP contribution >= 0.6 is 0 Å². The lowest BCUT2D eigenvalue weighted by Crippen LogP contribution is -2.52. The van der Waals surface area contributed by atoms with Crippen LogP contribution < -0.4 is 20.5 Å². The van der Waals surface area contributed by atoms with Crippen molar-refractivity contribution in [3.05, 3.63) is 71.1 Å². The lowest BCUT2D eigenvalue weighted by molar-refractivity contribution is -0.266. The Kier molecular flexibility index (Phi) is 6.99. The number of methoxy groups -OCH3 is 1. The maximum absolute atomic E-state index is 16.2. The number of carbonyl (C=O) groups is 2. The van der Waals surface area contributed by atoms with E-state index in [1.807, 2.05) is 5.32 Å². The number of ether oxygens (including phenoxy) is 2. The Morgan fingerprint density at radius 3 is 2.49 bits per heavy atom. The molecule has 3 heterocycles. The number of nitrogens with two attached hydrogens (primary N) is 1. The van der Waals surface area contributed by atoms with E-state index in [4.69, 9.17) is 15.2 Å². The maximum Gasteiger partial charge on any atom is 0.424 e. The number of hydrogen-bond acceptors (Lipinski definition) is 7. The lowest BCUT2D eigenvalue weighted by atomic mass is 9.81. The fourth-order valence-electron chi connectivity index (χ4n) is 5.30. The van der Waals surface area contributed by atoms with E-state index in [2.05, 4.69) is 10.1 Å². The number of benzene rings is 2. The fourth-order valence-corrected chi connectivity index (χ4v) is 5.30. The van der Waals surface area contributed by atoms with Gasteiger partial charge in [0.1, 0.15) is 40.5 Å². The average Bonchev–Trinajstić information content (AvgIpc) is 3.65. The molecule has 2 aromatic heterocycles. The van der Waals surface area contributed by atoms with Gasteiger partial charge < -0.3 is 25.6 Å². The van der Waals surface area contributed by atoms with Crippen LogP contribution in [-0.4, -0.2) is 58.1 Å². The predicted molar refractivity (Wildman–Crippen MR) is 148 cm³/mol. The number of hydrogen-bond donors (Lipinski definition) is 3. The minimum atomic E-state index is -5.60. The highest BCUT2D eigenvalue weighted by atomic mass is 19.4. The summed E-state index contributed by atoms with van der Waals surface area (Å²) in [6.07, 6.45) is -2.05. The first-order valence-corrected chi connectivity index (χ1v) is 13.7. The van der Waals surface area contributed by atoms with Crippen LogP contribution in [0.2, 0.25) is 0 Å². The Balaban J connectivity index is 1.43. The highest BCUT2D eigenvalue weighted by molar-refractivity contribution is 6.00. The van der Waals surface area contributed by atoms with Crippen molar-refractivity contribution in [3.8, 4) is 22.8 Å². The van der Waals surface area contributed by atoms with Crippen molar-refractivity contribution in [2.24, 2.45) is 5.73 Å². The topological polar surface area (TPSA) is 142 Å². The number of alkyl halides is 3. The van der Waals surface area contributed by atoms with Gasteiger partial charge in [0.05, 0.1) is 25.3 Å². The van der Waals surface area contributed by atoms with E-state index in [0.717, 1.165) is 37.1 Å². The summed E-state index contributed by atoms with van der Waals surface area (Å²) in [6.45, 7) is -0.931. The molecular weight excluding hydrogens is 605 g/mol. The van der Waals surface area contributed by atoms with Crippen molar-refractivity contribution in [1.29, 1.82) is 0 Å². The molecular formula is C30H26F5N5O5. The van der Waals surface area contributed by atoms with Gasteiger partial charge in [-0.1, -0.05) is 0 Å². The summed E-state index contributed by atoms with van der Waals surface area (Å²) >= 11 is 0. The third kappa shape index (κ3) is 4.90. The maximum atomic E-state index is 16.2. The number of fused-ring (bicyclic) bond motifs is 2. The molecule has 0 spiro atoms. The quantitative estimate of drug-likeness (QED) is 0.249. The van der Waals surface area contributed by atoms with Gasteiger partial charge in [0.15, 0.2) is 11.6 Å². The van der Waals surface area contributed by atoms with Crippen molar-refractivity contribution < 1.29 is 46.1 Å². The molecule has 0 bridgehead atoms. The van der Waals surface area contributed by atoms with E-state index in [1.165, 1.54) is 26.2 Å². The van der Waals surface area contributed by atoms with E-state index >= 15 is 4.39 Å². The normalized spacial score (nSPS) is 19.1. The number of carbonyl (C=O) groups excluding carboxylic acids is 2. The molecule has 0 radical (unpaired) electrons. The molecule has 1 aliphatic carbocycles. The van der Waals surface area contributed by atoms with Crippen molar-refractivity contribution in [3.63, 3.8) is 0 Å². The molecule has 1 aliphatic heterocycles. The standard InChI is InChI=1S/C30H26F5N5O5/c1-28(27(36)42)13-45-24-20(28)21(32)25(38-23(24)14-3-5-17(31)6-4-14)29(43,30(33,34)35)12-37-26(41)15-9-16-11-40(18-7-8-18)39-22(16)19(10-15)44-2/h3-6,9-11,18,43H,7-8,12-13H2,1-2H3,(H2,36,42)(H,37,41)/t28-,29-/m0/s1. The second-order valence-electron chi connectivity index (χ2n) is 11.3. The molecule has 4 N–H and O–H groups in total. The Bertz CT molecular complexity index is 1860. The molecule has 0 unspecified atom stereocenters. The lowest BCUT2D eigenvalue weighted by Gasteiger charge is -2.32. The number of aromatic nitrogens is 3. The smallest absolute Gasteiger partial charge is 0.424 e. The Morgan fingerprint density at radius 1 is 1.20 bits per heavy atom. The first-order chi connectivity index (χ1) is 21.2. The molecule has 1 saturated carbocycles. The minimum absolute atomic E-state index is 0.00308. The Morgan fingerprint density at radius 2 is 1.89 bits per heavy atom. The molecule has 10 nitrogen and oxygen atoms in total. The third-order valence-corrected chi connectivity index (χ3v) is 8.17. The third-order valence-electron chi connectivity index (χ3n) is 8.17. The van der Waals surface area contributed by atoms with Gasteiger partial charge >= 0.3 is 6.18 Å². The van der Waals surface area contributed by atoms with Gasteiger partial charge in [0.2, 0.25) is 11.5 Å². The number of primary amides is 1. The van der Waals surface area contributed by atoms with E-state index in [9.17, 15) is 32.3 Å². The monoisotopic (exact) mass is 631 g/mol. The van der Waals surface area contributed by atoms with Gasteiger partial charge in [-0.25, -0.2) is 13.8 Å². The number of nitrogens with one attached hydrogen (secondary N) is 1. The highest BCUT2D eigenvalue weighted by Gasteiger charge is 2.60. The van der Waals surface area contributed by atoms with Crippen molar-refractivity contribution in [2.45, 2.75) is 43.0 Å². The summed E-state index contributed by atoms with van der Waals surface area (Å²) in [5.41, 5.74) is -2.80. The van der Waals surface area contributed by atoms with E-state index in [-0.39, 0.29) is 28.7 Å². The number of amides is 2. The summed E-state index contributed by atoms with van der Waals surface area (Å²) in [5, 5.41) is 18.2. The predicted octanol–water partition coefficient (Wildman–Crippen LogP) is 4.04. The van der Waals surface area contributed by atoms with Gasteiger partial charge in [0.25, 0.3) is 5.91 Å². The SMILES string of the molecule is COc1cc(C(=O)NC[C@](O)(c2nc(-c3ccc(F)cc3)c3c(c2F)[C@@](C)(C(N)=O)CO3)C(F)(F)F)cc2cn(C3CC3)nc12. The zero-order valence-corrected chi connectivity index (χ0v) is 23.8. The van der Waals surface area contributed by atoms with Crippen LogP contribution in [0, 0.1) is 11.6 Å². The molecule has 2 aromatic carbocycles. The summed E-state index contributed by atoms with van der Waals surface area (Å²) in [7, 11) is 1.35. The van der Waals surface area contributed by atoms with Crippen LogP contribution in [0.3, 0.4) is 0 Å². The largest absolute Gasteiger partial charge is 0.494 e. The first-order valence-electron chi connectivity index (χ1n) is 13.7. The number of rotatable bonds is 8. The van der Waals surface area contributed by atoms with Crippen molar-refractivity contribution in [2.75, 3.05) is 20.3 Å². The zero-order valence-electron chi connectivity index (χ0n) is 23.8. The number of pyridine rings is 1. The summed E-state index contributed by atoms with van der Waals surface area (Å²) in [6, 6.07) is 7.19. The molecule has 2 amide bonds. The second kappa shape index (κ2) is 10.4. The summed E-state index contributed by atoms with van der Waals surface area (Å²) in [4.78, 5) is 29.4. The number of halogens is 5. The average molecular weight is 632 g/mol. The van der Waals surface area contributed by atoms with Gasteiger partial charge in [-0.05, 0) is 56.2 Å². The summed E-state index contributed by atoms with van der Waals surface area (Å²) in [5.74, 6) is -4.71. The molecule has 4 aromatic rings. The van der Waals surface area contributed by atoms with Gasteiger partial charge in [0, 0.05) is 22.7 Å². The van der Waals surface area contributed by atoms with Crippen molar-refractivity contribution in [1.82, 2.24) is 20.1 Å². The molecule has 2 aliphatic rings. The highest BCUT2D eigenvalue weighted by Crippen LogP contribution is 2.49. The van der Waals surface area contributed by atoms with Crippen LogP contribution in [-0.2, 0) is 15.8 Å². The van der Waals surface area contributed by atoms with Gasteiger partial charge in [-0.15, -0.1) is 0 Å². The summed E-state index contributed by atoms with van der Waals surface area (Å²) < 4.78 is 86.6. The Labute approximate surface area is 251 Å². The van der Waals surface area contributed by atoms with E-state index < -0.39 is 70.7 Å². The van der Waals surface area contributed by atoms with Crippen molar-refractivity contribution >= 4 is 22.7 Å². The van der Waals surface area contributed by atoms with Gasteiger partial charge in [-0.2, -0.15) is 18.3 Å². The van der Waals surface area contributed by atoms with Gasteiger partial charge in [-0.3, -0.25) is 14.3 Å². The van der Waals surface area contributed by atoms with Crippen LogP contribution in [0.25, 0.3) is 22.2 Å². The molecule has 15 heteroatoms. The van der Waals surface area contributed by atoms with Crippen LogP contribution in [0.15, 0.2) is 42.6 Å². The molecule has 45 heavy (non-hydrogen) atoms. The number of aliphatic hydroxyl groups is 1. The van der Waals surface area contributed by atoms with Crippen LogP contribution in [0.5, 0.6) is 11.5 Å². The minimum Gasteiger partial charge on any atom is -0.494 e. The van der Waals surface area contributed by atoms with Crippen LogP contribution in [0.1, 0.15) is 47.4 Å². The second-order valence-corrected chi connectivity index (χ2v) is 11.3. The molecule has 2 atom stereocenters.